The maximum absolute atomic E-state index is 12.6. The molecule has 2 amide bonds. The molecule has 0 saturated carbocycles. The van der Waals surface area contributed by atoms with Crippen molar-refractivity contribution in [3.63, 3.8) is 0 Å². The van der Waals surface area contributed by atoms with Crippen molar-refractivity contribution in [1.82, 2.24) is 5.32 Å². The summed E-state index contributed by atoms with van der Waals surface area (Å²) in [5.41, 5.74) is 5.25. The second-order valence-electron chi connectivity index (χ2n) is 8.15. The number of rotatable bonds is 12. The number of esters is 1. The van der Waals surface area contributed by atoms with Crippen LogP contribution in [0.5, 0.6) is 0 Å². The van der Waals surface area contributed by atoms with Gasteiger partial charge in [-0.05, 0) is 56.0 Å². The van der Waals surface area contributed by atoms with Crippen molar-refractivity contribution in [1.29, 1.82) is 0 Å². The van der Waals surface area contributed by atoms with E-state index < -0.39 is 0 Å². The van der Waals surface area contributed by atoms with E-state index in [0.717, 1.165) is 60.4 Å². The highest BCUT2D eigenvalue weighted by molar-refractivity contribution is 5.92. The van der Waals surface area contributed by atoms with Crippen molar-refractivity contribution in [2.24, 2.45) is 0 Å². The Hall–Kier alpha value is -3.02. The third-order valence-corrected chi connectivity index (χ3v) is 5.92. The maximum Gasteiger partial charge on any atom is 0.321 e. The number of hydrogen-bond donors (Lipinski definition) is 1. The van der Waals surface area contributed by atoms with Crippen LogP contribution in [0.3, 0.4) is 0 Å². The predicted molar refractivity (Wildman–Crippen MR) is 137 cm³/mol. The summed E-state index contributed by atoms with van der Waals surface area (Å²) in [7, 11) is 3.22. The molecule has 0 atom stereocenters. The van der Waals surface area contributed by atoms with Crippen LogP contribution in [-0.2, 0) is 16.0 Å². The van der Waals surface area contributed by atoms with E-state index in [-0.39, 0.29) is 12.0 Å². The van der Waals surface area contributed by atoms with Gasteiger partial charge < -0.3 is 15.0 Å². The zero-order chi connectivity index (χ0) is 24.2. The summed E-state index contributed by atoms with van der Waals surface area (Å²) in [5.74, 6) is -0.202. The van der Waals surface area contributed by atoms with Gasteiger partial charge >= 0.3 is 12.0 Å². The SMILES string of the molecule is CCCCCNC(=O)N(C)c1cccc(-c2ccc(CCC(=O)OC)cc2N(CC)CC)c1. The summed E-state index contributed by atoms with van der Waals surface area (Å²) >= 11 is 0. The average Bonchev–Trinajstić information content (AvgIpc) is 2.85. The topological polar surface area (TPSA) is 61.9 Å². The lowest BCUT2D eigenvalue weighted by Crippen LogP contribution is -2.37. The molecule has 0 aromatic heterocycles. The molecule has 180 valence electrons. The number of urea groups is 1. The normalized spacial score (nSPS) is 10.6. The van der Waals surface area contributed by atoms with Gasteiger partial charge in [-0.2, -0.15) is 0 Å². The van der Waals surface area contributed by atoms with Crippen LogP contribution in [0.15, 0.2) is 42.5 Å². The van der Waals surface area contributed by atoms with Gasteiger partial charge in [-0.3, -0.25) is 9.69 Å². The lowest BCUT2D eigenvalue weighted by molar-refractivity contribution is -0.140. The molecule has 0 aliphatic rings. The number of hydrogen-bond acceptors (Lipinski definition) is 4. The first kappa shape index (κ1) is 26.2. The van der Waals surface area contributed by atoms with Gasteiger partial charge in [0, 0.05) is 50.0 Å². The summed E-state index contributed by atoms with van der Waals surface area (Å²) in [6.45, 7) is 8.88. The molecule has 2 aromatic rings. The van der Waals surface area contributed by atoms with Gasteiger partial charge in [0.05, 0.1) is 7.11 Å². The smallest absolute Gasteiger partial charge is 0.321 e. The van der Waals surface area contributed by atoms with Crippen molar-refractivity contribution >= 4 is 23.4 Å². The van der Waals surface area contributed by atoms with Crippen LogP contribution in [0, 0.1) is 0 Å². The fourth-order valence-corrected chi connectivity index (χ4v) is 3.84. The number of carbonyl (C=O) groups excluding carboxylic acids is 2. The zero-order valence-electron chi connectivity index (χ0n) is 20.8. The zero-order valence-corrected chi connectivity index (χ0v) is 20.8. The summed E-state index contributed by atoms with van der Waals surface area (Å²) < 4.78 is 4.79. The van der Waals surface area contributed by atoms with Crippen molar-refractivity contribution in [2.75, 3.05) is 43.6 Å². The molecule has 0 fully saturated rings. The molecule has 0 saturated heterocycles. The molecule has 0 unspecified atom stereocenters. The Balaban J connectivity index is 2.31. The number of methoxy groups -OCH3 is 1. The van der Waals surface area contributed by atoms with Crippen molar-refractivity contribution < 1.29 is 14.3 Å². The van der Waals surface area contributed by atoms with Crippen molar-refractivity contribution in [3.05, 3.63) is 48.0 Å². The molecule has 0 bridgehead atoms. The van der Waals surface area contributed by atoms with Crippen LogP contribution in [0.1, 0.15) is 52.0 Å². The Kier molecular flexibility index (Phi) is 10.7. The Morgan fingerprint density at radius 3 is 2.42 bits per heavy atom. The summed E-state index contributed by atoms with van der Waals surface area (Å²) in [6.07, 6.45) is 4.24. The quantitative estimate of drug-likeness (QED) is 0.334. The lowest BCUT2D eigenvalue weighted by atomic mass is 9.98. The van der Waals surface area contributed by atoms with E-state index in [2.05, 4.69) is 61.3 Å². The van der Waals surface area contributed by atoms with Crippen LogP contribution in [-0.4, -0.2) is 45.8 Å². The van der Waals surface area contributed by atoms with E-state index in [0.29, 0.717) is 19.4 Å². The molecule has 0 radical (unpaired) electrons. The number of benzene rings is 2. The standard InChI is InChI=1S/C27H39N3O3/c1-6-9-10-18-28-27(32)29(4)23-13-11-12-22(20-23)24-16-14-21(15-17-26(31)33-5)19-25(24)30(7-2)8-3/h11-14,16,19-20H,6-10,15,17-18H2,1-5H3,(H,28,32). The Bertz CT molecular complexity index is 909. The minimum Gasteiger partial charge on any atom is -0.469 e. The second kappa shape index (κ2) is 13.5. The summed E-state index contributed by atoms with van der Waals surface area (Å²) in [4.78, 5) is 28.2. The second-order valence-corrected chi connectivity index (χ2v) is 8.15. The monoisotopic (exact) mass is 453 g/mol. The molecule has 6 nitrogen and oxygen atoms in total. The number of nitrogens with one attached hydrogen (secondary N) is 1. The minimum absolute atomic E-state index is 0.0922. The van der Waals surface area contributed by atoms with Crippen LogP contribution in [0.4, 0.5) is 16.2 Å². The lowest BCUT2D eigenvalue weighted by Gasteiger charge is -2.26. The number of unbranched alkanes of at least 4 members (excludes halogenated alkanes) is 2. The number of aryl methyl sites for hydroxylation is 1. The van der Waals surface area contributed by atoms with E-state index in [1.165, 1.54) is 7.11 Å². The summed E-state index contributed by atoms with van der Waals surface area (Å²) in [5, 5.41) is 3.00. The van der Waals surface area contributed by atoms with Gasteiger partial charge in [0.1, 0.15) is 0 Å². The Labute approximate surface area is 198 Å². The first-order chi connectivity index (χ1) is 15.9. The largest absolute Gasteiger partial charge is 0.469 e. The molecule has 0 spiro atoms. The number of amides is 2. The van der Waals surface area contributed by atoms with Gasteiger partial charge in [-0.25, -0.2) is 4.79 Å². The van der Waals surface area contributed by atoms with E-state index in [1.807, 2.05) is 12.1 Å². The van der Waals surface area contributed by atoms with Gasteiger partial charge in [0.2, 0.25) is 0 Å². The van der Waals surface area contributed by atoms with Crippen LogP contribution in [0.2, 0.25) is 0 Å². The predicted octanol–water partition coefficient (Wildman–Crippen LogP) is 5.64. The molecule has 0 heterocycles. The fourth-order valence-electron chi connectivity index (χ4n) is 3.84. The number of anilines is 2. The molecular weight excluding hydrogens is 414 g/mol. The highest BCUT2D eigenvalue weighted by Gasteiger charge is 2.15. The number of ether oxygens (including phenoxy) is 1. The Morgan fingerprint density at radius 2 is 1.76 bits per heavy atom. The van der Waals surface area contributed by atoms with E-state index in [4.69, 9.17) is 4.74 Å². The molecule has 6 heteroatoms. The molecule has 1 N–H and O–H groups in total. The number of carbonyl (C=O) groups is 2. The van der Waals surface area contributed by atoms with Crippen LogP contribution in [0.25, 0.3) is 11.1 Å². The number of nitrogens with zero attached hydrogens (tertiary/aromatic N) is 2. The molecular formula is C27H39N3O3. The Morgan fingerprint density at radius 1 is 1.00 bits per heavy atom. The third-order valence-electron chi connectivity index (χ3n) is 5.92. The molecule has 2 rings (SSSR count). The first-order valence-corrected chi connectivity index (χ1v) is 12.0. The van der Waals surface area contributed by atoms with E-state index in [1.54, 1.807) is 11.9 Å². The third kappa shape index (κ3) is 7.52. The fraction of sp³-hybridized carbons (Fsp3) is 0.481. The molecule has 0 aliphatic heterocycles. The maximum atomic E-state index is 12.6. The van der Waals surface area contributed by atoms with Crippen molar-refractivity contribution in [3.8, 4) is 11.1 Å². The first-order valence-electron chi connectivity index (χ1n) is 12.0. The molecule has 33 heavy (non-hydrogen) atoms. The van der Waals surface area contributed by atoms with E-state index >= 15 is 0 Å². The van der Waals surface area contributed by atoms with E-state index in [9.17, 15) is 9.59 Å². The van der Waals surface area contributed by atoms with Crippen molar-refractivity contribution in [2.45, 2.75) is 52.9 Å². The van der Waals surface area contributed by atoms with Gasteiger partial charge in [0.15, 0.2) is 0 Å². The van der Waals surface area contributed by atoms with Gasteiger partial charge in [-0.1, -0.05) is 44.0 Å². The van der Waals surface area contributed by atoms with Crippen LogP contribution >= 0.6 is 0 Å². The van der Waals surface area contributed by atoms with Crippen LogP contribution < -0.4 is 15.1 Å². The van der Waals surface area contributed by atoms with Gasteiger partial charge in [-0.15, -0.1) is 0 Å². The average molecular weight is 454 g/mol. The molecule has 2 aromatic carbocycles. The minimum atomic E-state index is -0.202. The highest BCUT2D eigenvalue weighted by atomic mass is 16.5. The highest BCUT2D eigenvalue weighted by Crippen LogP contribution is 2.34. The summed E-state index contributed by atoms with van der Waals surface area (Å²) in [6, 6.07) is 14.3. The molecule has 0 aliphatic carbocycles. The van der Waals surface area contributed by atoms with Gasteiger partial charge in [0.25, 0.3) is 0 Å².